The normalized spacial score (nSPS) is 15.3. The summed E-state index contributed by atoms with van der Waals surface area (Å²) in [7, 11) is 0. The highest BCUT2D eigenvalue weighted by atomic mass is 16.2. The van der Waals surface area contributed by atoms with E-state index in [9.17, 15) is 4.79 Å². The lowest BCUT2D eigenvalue weighted by molar-refractivity contribution is 0.215. The molecule has 0 atom stereocenters. The maximum atomic E-state index is 12.1. The number of urea groups is 1. The molecular weight excluding hydrogens is 296 g/mol. The van der Waals surface area contributed by atoms with E-state index in [-0.39, 0.29) is 11.4 Å². The molecule has 2 N–H and O–H groups in total. The van der Waals surface area contributed by atoms with Crippen LogP contribution in [0.15, 0.2) is 60.7 Å². The Morgan fingerprint density at radius 1 is 0.917 bits per heavy atom. The fraction of sp³-hybridized carbons (Fsp3) is 0.381. The van der Waals surface area contributed by atoms with E-state index in [4.69, 9.17) is 0 Å². The summed E-state index contributed by atoms with van der Waals surface area (Å²) < 4.78 is 0. The summed E-state index contributed by atoms with van der Waals surface area (Å²) in [5.41, 5.74) is 2.81. The van der Waals surface area contributed by atoms with Gasteiger partial charge in [-0.2, -0.15) is 0 Å². The van der Waals surface area contributed by atoms with Gasteiger partial charge in [0.15, 0.2) is 0 Å². The quantitative estimate of drug-likeness (QED) is 0.742. The summed E-state index contributed by atoms with van der Waals surface area (Å²) in [6.45, 7) is 1.43. The van der Waals surface area contributed by atoms with Gasteiger partial charge in [-0.15, -0.1) is 0 Å². The zero-order valence-electron chi connectivity index (χ0n) is 14.1. The zero-order chi connectivity index (χ0) is 16.7. The molecule has 3 heteroatoms. The van der Waals surface area contributed by atoms with Crippen LogP contribution in [0.2, 0.25) is 0 Å². The molecule has 3 rings (SSSR count). The highest BCUT2D eigenvalue weighted by molar-refractivity contribution is 5.74. The van der Waals surface area contributed by atoms with Gasteiger partial charge in [-0.3, -0.25) is 0 Å². The van der Waals surface area contributed by atoms with Gasteiger partial charge in [-0.05, 0) is 36.8 Å². The highest BCUT2D eigenvalue weighted by Gasteiger charge is 2.38. The molecule has 0 saturated heterocycles. The lowest BCUT2D eigenvalue weighted by atomic mass is 9.64. The minimum Gasteiger partial charge on any atom is -0.338 e. The van der Waals surface area contributed by atoms with Crippen LogP contribution in [0.1, 0.15) is 36.8 Å². The van der Waals surface area contributed by atoms with E-state index in [0.29, 0.717) is 6.54 Å². The molecule has 2 aromatic rings. The number of aryl methyl sites for hydroxylation is 1. The second-order valence-electron chi connectivity index (χ2n) is 6.70. The summed E-state index contributed by atoms with van der Waals surface area (Å²) in [5.74, 6) is 0. The van der Waals surface area contributed by atoms with Crippen LogP contribution in [0.5, 0.6) is 0 Å². The van der Waals surface area contributed by atoms with Crippen LogP contribution in [-0.4, -0.2) is 19.1 Å². The molecule has 0 aromatic heterocycles. The van der Waals surface area contributed by atoms with Gasteiger partial charge in [0.25, 0.3) is 0 Å². The summed E-state index contributed by atoms with van der Waals surface area (Å²) in [6.07, 6.45) is 5.52. The van der Waals surface area contributed by atoms with E-state index in [1.165, 1.54) is 17.5 Å². The first-order chi connectivity index (χ1) is 11.8. The Morgan fingerprint density at radius 2 is 1.58 bits per heavy atom. The van der Waals surface area contributed by atoms with Gasteiger partial charge in [0, 0.05) is 18.5 Å². The van der Waals surface area contributed by atoms with E-state index in [1.807, 2.05) is 12.1 Å². The van der Waals surface area contributed by atoms with Gasteiger partial charge in [0.05, 0.1) is 0 Å². The van der Waals surface area contributed by atoms with Crippen molar-refractivity contribution in [2.45, 2.75) is 37.5 Å². The van der Waals surface area contributed by atoms with Crippen molar-refractivity contribution < 1.29 is 4.79 Å². The minimum atomic E-state index is -0.0507. The van der Waals surface area contributed by atoms with Crippen molar-refractivity contribution in [3.05, 3.63) is 71.8 Å². The fourth-order valence-corrected chi connectivity index (χ4v) is 3.41. The number of amides is 2. The van der Waals surface area contributed by atoms with E-state index in [2.05, 4.69) is 59.2 Å². The zero-order valence-corrected chi connectivity index (χ0v) is 14.1. The Balaban J connectivity index is 1.39. The topological polar surface area (TPSA) is 41.1 Å². The Labute approximate surface area is 144 Å². The molecule has 1 saturated carbocycles. The molecule has 0 bridgehead atoms. The minimum absolute atomic E-state index is 0.0507. The number of rotatable bonds is 7. The van der Waals surface area contributed by atoms with Crippen molar-refractivity contribution in [1.29, 1.82) is 0 Å². The second kappa shape index (κ2) is 8.00. The van der Waals surface area contributed by atoms with Crippen LogP contribution in [0.25, 0.3) is 0 Å². The van der Waals surface area contributed by atoms with Crippen LogP contribution >= 0.6 is 0 Å². The number of nitrogens with one attached hydrogen (secondary N) is 2. The third kappa shape index (κ3) is 4.16. The first kappa shape index (κ1) is 16.6. The summed E-state index contributed by atoms with van der Waals surface area (Å²) in [5, 5.41) is 6.05. The lowest BCUT2D eigenvalue weighted by Crippen LogP contribution is -2.48. The average molecular weight is 322 g/mol. The standard InChI is InChI=1S/C21H26N2O/c24-20(22-16-7-11-18-9-3-1-4-10-18)23-17-21(14-8-15-21)19-12-5-2-6-13-19/h1-6,9-10,12-13H,7-8,11,14-17H2,(H2,22,23,24). The van der Waals surface area contributed by atoms with Crippen molar-refractivity contribution in [3.8, 4) is 0 Å². The van der Waals surface area contributed by atoms with Crippen molar-refractivity contribution in [1.82, 2.24) is 10.6 Å². The molecular formula is C21H26N2O. The molecule has 1 aliphatic carbocycles. The number of benzene rings is 2. The molecule has 0 unspecified atom stereocenters. The van der Waals surface area contributed by atoms with Crippen LogP contribution < -0.4 is 10.6 Å². The number of hydrogen-bond donors (Lipinski definition) is 2. The first-order valence-electron chi connectivity index (χ1n) is 8.90. The van der Waals surface area contributed by atoms with E-state index >= 15 is 0 Å². The van der Waals surface area contributed by atoms with Gasteiger partial charge in [-0.25, -0.2) is 4.79 Å². The molecule has 2 amide bonds. The Morgan fingerprint density at radius 3 is 2.21 bits per heavy atom. The molecule has 1 fully saturated rings. The molecule has 0 radical (unpaired) electrons. The Hall–Kier alpha value is -2.29. The third-order valence-electron chi connectivity index (χ3n) is 5.05. The molecule has 0 aliphatic heterocycles. The molecule has 0 spiro atoms. The van der Waals surface area contributed by atoms with E-state index < -0.39 is 0 Å². The van der Waals surface area contributed by atoms with Gasteiger partial charge in [0.1, 0.15) is 0 Å². The Kier molecular flexibility index (Phi) is 5.52. The number of hydrogen-bond acceptors (Lipinski definition) is 1. The largest absolute Gasteiger partial charge is 0.338 e. The molecule has 3 nitrogen and oxygen atoms in total. The monoisotopic (exact) mass is 322 g/mol. The van der Waals surface area contributed by atoms with Crippen LogP contribution in [0.4, 0.5) is 4.79 Å². The summed E-state index contributed by atoms with van der Waals surface area (Å²) in [4.78, 5) is 12.1. The SMILES string of the molecule is O=C(NCCCc1ccccc1)NCC1(c2ccccc2)CCC1. The van der Waals surface area contributed by atoms with Crippen molar-refractivity contribution in [2.75, 3.05) is 13.1 Å². The van der Waals surface area contributed by atoms with Crippen LogP contribution in [0, 0.1) is 0 Å². The molecule has 0 heterocycles. The Bertz CT molecular complexity index is 635. The summed E-state index contributed by atoms with van der Waals surface area (Å²) >= 11 is 0. The number of carbonyl (C=O) groups is 1. The van der Waals surface area contributed by atoms with Crippen molar-refractivity contribution >= 4 is 6.03 Å². The predicted molar refractivity (Wildman–Crippen MR) is 98.1 cm³/mol. The average Bonchev–Trinajstić information content (AvgIpc) is 2.60. The van der Waals surface area contributed by atoms with E-state index in [0.717, 1.165) is 32.2 Å². The van der Waals surface area contributed by atoms with Crippen molar-refractivity contribution in [3.63, 3.8) is 0 Å². The maximum Gasteiger partial charge on any atom is 0.314 e. The second-order valence-corrected chi connectivity index (χ2v) is 6.70. The van der Waals surface area contributed by atoms with Crippen LogP contribution in [-0.2, 0) is 11.8 Å². The van der Waals surface area contributed by atoms with Gasteiger partial charge in [0.2, 0.25) is 0 Å². The number of carbonyl (C=O) groups excluding carboxylic acids is 1. The van der Waals surface area contributed by atoms with Crippen LogP contribution in [0.3, 0.4) is 0 Å². The first-order valence-corrected chi connectivity index (χ1v) is 8.90. The molecule has 126 valence electrons. The smallest absolute Gasteiger partial charge is 0.314 e. The third-order valence-corrected chi connectivity index (χ3v) is 5.05. The molecule has 2 aromatic carbocycles. The lowest BCUT2D eigenvalue weighted by Gasteiger charge is -2.42. The maximum absolute atomic E-state index is 12.1. The highest BCUT2D eigenvalue weighted by Crippen LogP contribution is 2.43. The molecule has 24 heavy (non-hydrogen) atoms. The van der Waals surface area contributed by atoms with Gasteiger partial charge in [-0.1, -0.05) is 67.1 Å². The van der Waals surface area contributed by atoms with Gasteiger partial charge < -0.3 is 10.6 Å². The molecule has 1 aliphatic rings. The summed E-state index contributed by atoms with van der Waals surface area (Å²) in [6, 6.07) is 20.9. The fourth-order valence-electron chi connectivity index (χ4n) is 3.41. The van der Waals surface area contributed by atoms with Crippen molar-refractivity contribution in [2.24, 2.45) is 0 Å². The van der Waals surface area contributed by atoms with E-state index in [1.54, 1.807) is 0 Å². The predicted octanol–water partition coefficient (Wildman–Crippen LogP) is 4.04. The van der Waals surface area contributed by atoms with Gasteiger partial charge >= 0.3 is 6.03 Å².